The van der Waals surface area contributed by atoms with Crippen LogP contribution in [0.5, 0.6) is 0 Å². The fourth-order valence-corrected chi connectivity index (χ4v) is 0.686. The van der Waals surface area contributed by atoms with Crippen LogP contribution < -0.4 is 0 Å². The van der Waals surface area contributed by atoms with Gasteiger partial charge in [-0.2, -0.15) is 0 Å². The van der Waals surface area contributed by atoms with Crippen molar-refractivity contribution in [1.82, 2.24) is 0 Å². The molecule has 0 bridgehead atoms. The molecule has 1 nitrogen and oxygen atoms in total. The van der Waals surface area contributed by atoms with Crippen molar-refractivity contribution in [2.45, 2.75) is 45.9 Å². The molecule has 0 aromatic carbocycles. The van der Waals surface area contributed by atoms with E-state index in [-0.39, 0.29) is 5.92 Å². The zero-order chi connectivity index (χ0) is 8.58. The predicted octanol–water partition coefficient (Wildman–Crippen LogP) is 2.14. The number of aliphatic hydroxyl groups is 1. The molecule has 0 aromatic rings. The van der Waals surface area contributed by atoms with Crippen molar-refractivity contribution >= 4 is 0 Å². The van der Waals surface area contributed by atoms with Crippen molar-refractivity contribution in [2.75, 3.05) is 0 Å². The molecule has 62 valence electrons. The van der Waals surface area contributed by atoms with Crippen LogP contribution in [0.1, 0.15) is 34.6 Å². The molecule has 0 fully saturated rings. The van der Waals surface area contributed by atoms with Crippen molar-refractivity contribution in [1.29, 1.82) is 0 Å². The molecular formula is C8H17FO. The van der Waals surface area contributed by atoms with Gasteiger partial charge >= 0.3 is 0 Å². The summed E-state index contributed by atoms with van der Waals surface area (Å²) in [5.41, 5.74) is -2.76. The summed E-state index contributed by atoms with van der Waals surface area (Å²) >= 11 is 0. The van der Waals surface area contributed by atoms with Crippen molar-refractivity contribution in [2.24, 2.45) is 5.92 Å². The third-order valence-corrected chi connectivity index (χ3v) is 2.33. The van der Waals surface area contributed by atoms with Crippen molar-refractivity contribution < 1.29 is 9.50 Å². The van der Waals surface area contributed by atoms with E-state index < -0.39 is 11.3 Å². The molecule has 1 N–H and O–H groups in total. The van der Waals surface area contributed by atoms with Gasteiger partial charge in [-0.1, -0.05) is 13.8 Å². The van der Waals surface area contributed by atoms with E-state index in [2.05, 4.69) is 0 Å². The number of alkyl halides is 1. The highest BCUT2D eigenvalue weighted by atomic mass is 19.1. The van der Waals surface area contributed by atoms with Crippen LogP contribution >= 0.6 is 0 Å². The molecule has 1 atom stereocenters. The van der Waals surface area contributed by atoms with Crippen molar-refractivity contribution in [3.8, 4) is 0 Å². The first-order valence-electron chi connectivity index (χ1n) is 3.61. The van der Waals surface area contributed by atoms with E-state index in [0.717, 1.165) is 0 Å². The van der Waals surface area contributed by atoms with Crippen LogP contribution in [0.3, 0.4) is 0 Å². The zero-order valence-electron chi connectivity index (χ0n) is 7.40. The standard InChI is InChI=1S/C8H17FO/c1-6(2)8(5,10)7(3,4)9/h6,10H,1-5H3. The van der Waals surface area contributed by atoms with E-state index in [1.54, 1.807) is 13.8 Å². The Bertz CT molecular complexity index is 111. The Labute approximate surface area is 62.3 Å². The van der Waals surface area contributed by atoms with Gasteiger partial charge in [-0.25, -0.2) is 4.39 Å². The quantitative estimate of drug-likeness (QED) is 0.636. The molecule has 0 amide bonds. The third kappa shape index (κ3) is 1.69. The summed E-state index contributed by atoms with van der Waals surface area (Å²) in [5, 5.41) is 9.55. The summed E-state index contributed by atoms with van der Waals surface area (Å²) in [6.45, 7) is 7.93. The third-order valence-electron chi connectivity index (χ3n) is 2.33. The van der Waals surface area contributed by atoms with Gasteiger partial charge in [-0.15, -0.1) is 0 Å². The molecule has 0 aliphatic rings. The van der Waals surface area contributed by atoms with Gasteiger partial charge < -0.3 is 5.11 Å². The summed E-state index contributed by atoms with van der Waals surface area (Å²) in [4.78, 5) is 0. The van der Waals surface area contributed by atoms with Gasteiger partial charge in [0.1, 0.15) is 5.67 Å². The maximum absolute atomic E-state index is 13.2. The predicted molar refractivity (Wildman–Crippen MR) is 40.6 cm³/mol. The molecule has 0 aliphatic heterocycles. The normalized spacial score (nSPS) is 19.2. The second-order valence-electron chi connectivity index (χ2n) is 3.77. The molecule has 2 heteroatoms. The lowest BCUT2D eigenvalue weighted by Crippen LogP contribution is -2.48. The fraction of sp³-hybridized carbons (Fsp3) is 1.00. The van der Waals surface area contributed by atoms with E-state index >= 15 is 0 Å². The van der Waals surface area contributed by atoms with E-state index in [1.807, 2.05) is 0 Å². The Morgan fingerprint density at radius 3 is 1.50 bits per heavy atom. The molecule has 0 heterocycles. The average molecular weight is 148 g/mol. The van der Waals surface area contributed by atoms with Gasteiger partial charge in [0.2, 0.25) is 0 Å². The van der Waals surface area contributed by atoms with E-state index in [0.29, 0.717) is 0 Å². The van der Waals surface area contributed by atoms with Gasteiger partial charge in [0, 0.05) is 0 Å². The van der Waals surface area contributed by atoms with Crippen LogP contribution in [0, 0.1) is 5.92 Å². The minimum absolute atomic E-state index is 0.0625. The first-order chi connectivity index (χ1) is 4.19. The van der Waals surface area contributed by atoms with Crippen molar-refractivity contribution in [3.63, 3.8) is 0 Å². The Morgan fingerprint density at radius 1 is 1.20 bits per heavy atom. The molecule has 0 saturated heterocycles. The molecule has 0 rings (SSSR count). The van der Waals surface area contributed by atoms with E-state index in [4.69, 9.17) is 0 Å². The summed E-state index contributed by atoms with van der Waals surface area (Å²) < 4.78 is 13.2. The molecule has 10 heavy (non-hydrogen) atoms. The van der Waals surface area contributed by atoms with Crippen LogP contribution in [0.25, 0.3) is 0 Å². The van der Waals surface area contributed by atoms with Crippen molar-refractivity contribution in [3.05, 3.63) is 0 Å². The molecule has 0 radical (unpaired) electrons. The SMILES string of the molecule is CC(C)C(C)(O)C(C)(C)F. The molecule has 1 unspecified atom stereocenters. The summed E-state index contributed by atoms with van der Waals surface area (Å²) in [6, 6.07) is 0. The summed E-state index contributed by atoms with van der Waals surface area (Å²) in [7, 11) is 0. The highest BCUT2D eigenvalue weighted by Crippen LogP contribution is 2.31. The molecule has 0 saturated carbocycles. The van der Waals surface area contributed by atoms with E-state index in [1.165, 1.54) is 20.8 Å². The molecule has 0 spiro atoms. The Hall–Kier alpha value is -0.110. The van der Waals surface area contributed by atoms with Gasteiger partial charge in [0.25, 0.3) is 0 Å². The summed E-state index contributed by atoms with van der Waals surface area (Å²) in [6.07, 6.45) is 0. The van der Waals surface area contributed by atoms with E-state index in [9.17, 15) is 9.50 Å². The van der Waals surface area contributed by atoms with Gasteiger partial charge in [-0.3, -0.25) is 0 Å². The number of rotatable bonds is 2. The Morgan fingerprint density at radius 2 is 1.50 bits per heavy atom. The van der Waals surface area contributed by atoms with Crippen LogP contribution in [-0.4, -0.2) is 16.4 Å². The smallest absolute Gasteiger partial charge is 0.133 e. The fourth-order valence-electron chi connectivity index (χ4n) is 0.686. The number of halogens is 1. The van der Waals surface area contributed by atoms with Crippen LogP contribution in [-0.2, 0) is 0 Å². The zero-order valence-corrected chi connectivity index (χ0v) is 7.40. The molecule has 0 aromatic heterocycles. The molecular weight excluding hydrogens is 131 g/mol. The highest BCUT2D eigenvalue weighted by Gasteiger charge is 2.41. The second kappa shape index (κ2) is 2.50. The second-order valence-corrected chi connectivity index (χ2v) is 3.77. The van der Waals surface area contributed by atoms with Gasteiger partial charge in [0.05, 0.1) is 5.60 Å². The Kier molecular flexibility index (Phi) is 2.47. The van der Waals surface area contributed by atoms with Gasteiger partial charge in [0.15, 0.2) is 0 Å². The molecule has 0 aliphatic carbocycles. The monoisotopic (exact) mass is 148 g/mol. The van der Waals surface area contributed by atoms with Crippen LogP contribution in [0.4, 0.5) is 4.39 Å². The Balaban J connectivity index is 4.40. The lowest BCUT2D eigenvalue weighted by molar-refractivity contribution is -0.102. The first kappa shape index (κ1) is 9.89. The maximum atomic E-state index is 13.2. The number of hydrogen-bond donors (Lipinski definition) is 1. The van der Waals surface area contributed by atoms with Crippen LogP contribution in [0.15, 0.2) is 0 Å². The minimum Gasteiger partial charge on any atom is -0.387 e. The highest BCUT2D eigenvalue weighted by molar-refractivity contribution is 4.92. The van der Waals surface area contributed by atoms with Gasteiger partial charge in [-0.05, 0) is 26.7 Å². The lowest BCUT2D eigenvalue weighted by atomic mass is 9.80. The summed E-state index contributed by atoms with van der Waals surface area (Å²) in [5.74, 6) is -0.0625. The topological polar surface area (TPSA) is 20.2 Å². The first-order valence-corrected chi connectivity index (χ1v) is 3.61. The number of hydrogen-bond acceptors (Lipinski definition) is 1. The minimum atomic E-state index is -1.53. The van der Waals surface area contributed by atoms with Crippen LogP contribution in [0.2, 0.25) is 0 Å². The lowest BCUT2D eigenvalue weighted by Gasteiger charge is -2.36. The maximum Gasteiger partial charge on any atom is 0.133 e. The largest absolute Gasteiger partial charge is 0.387 e. The average Bonchev–Trinajstić information content (AvgIpc) is 1.62.